The van der Waals surface area contributed by atoms with Gasteiger partial charge in [0.15, 0.2) is 0 Å². The van der Waals surface area contributed by atoms with Crippen LogP contribution < -0.4 is 5.73 Å². The number of nitrogens with two attached hydrogens (primary N) is 1. The van der Waals surface area contributed by atoms with Gasteiger partial charge in [-0.25, -0.2) is 0 Å². The zero-order valence-corrected chi connectivity index (χ0v) is 10.1. The Balaban J connectivity index is 2.21. The number of rotatable bonds is 5. The Morgan fingerprint density at radius 2 is 1.73 bits per heavy atom. The van der Waals surface area contributed by atoms with E-state index in [1.807, 2.05) is 6.08 Å². The summed E-state index contributed by atoms with van der Waals surface area (Å²) in [5, 5.41) is 0. The molecule has 0 saturated heterocycles. The van der Waals surface area contributed by atoms with Gasteiger partial charge in [0, 0.05) is 6.04 Å². The Hall–Kier alpha value is -0.300. The molecule has 0 heterocycles. The van der Waals surface area contributed by atoms with E-state index in [1.54, 1.807) is 0 Å². The summed E-state index contributed by atoms with van der Waals surface area (Å²) in [7, 11) is 0. The Morgan fingerprint density at radius 1 is 1.13 bits per heavy atom. The van der Waals surface area contributed by atoms with E-state index in [0.29, 0.717) is 6.04 Å². The van der Waals surface area contributed by atoms with Crippen molar-refractivity contribution in [1.29, 1.82) is 0 Å². The maximum Gasteiger partial charge on any atom is 0.00672 e. The Labute approximate surface area is 95.1 Å². The van der Waals surface area contributed by atoms with Gasteiger partial charge < -0.3 is 5.73 Å². The highest BCUT2D eigenvalue weighted by atomic mass is 14.6. The molecule has 0 radical (unpaired) electrons. The summed E-state index contributed by atoms with van der Waals surface area (Å²) >= 11 is 0. The lowest BCUT2D eigenvalue weighted by molar-refractivity contribution is 0.310. The van der Waals surface area contributed by atoms with Gasteiger partial charge >= 0.3 is 0 Å². The van der Waals surface area contributed by atoms with Crippen molar-refractivity contribution in [1.82, 2.24) is 0 Å². The highest BCUT2D eigenvalue weighted by Gasteiger charge is 2.17. The highest BCUT2D eigenvalue weighted by Crippen LogP contribution is 2.25. The highest BCUT2D eigenvalue weighted by molar-refractivity contribution is 4.76. The normalized spacial score (nSPS) is 21.7. The minimum Gasteiger partial charge on any atom is -0.327 e. The summed E-state index contributed by atoms with van der Waals surface area (Å²) in [6.45, 7) is 3.76. The van der Waals surface area contributed by atoms with Crippen molar-refractivity contribution in [3.05, 3.63) is 12.7 Å². The summed E-state index contributed by atoms with van der Waals surface area (Å²) in [5.41, 5.74) is 6.28. The zero-order chi connectivity index (χ0) is 10.9. The molecule has 1 rings (SSSR count). The SMILES string of the molecule is C=CCCCC(N)C1CCCCCCC1. The molecule has 1 nitrogen and oxygen atoms in total. The van der Waals surface area contributed by atoms with Gasteiger partial charge in [0.05, 0.1) is 0 Å². The molecule has 1 unspecified atom stereocenters. The fourth-order valence-corrected chi connectivity index (χ4v) is 2.65. The molecule has 0 aromatic carbocycles. The van der Waals surface area contributed by atoms with Crippen LogP contribution in [0.5, 0.6) is 0 Å². The van der Waals surface area contributed by atoms with Crippen LogP contribution in [-0.2, 0) is 0 Å². The molecule has 1 aliphatic carbocycles. The quantitative estimate of drug-likeness (QED) is 0.537. The van der Waals surface area contributed by atoms with E-state index in [2.05, 4.69) is 6.58 Å². The number of hydrogen-bond acceptors (Lipinski definition) is 1. The van der Waals surface area contributed by atoms with E-state index >= 15 is 0 Å². The largest absolute Gasteiger partial charge is 0.327 e. The van der Waals surface area contributed by atoms with Crippen LogP contribution in [0.25, 0.3) is 0 Å². The molecule has 0 amide bonds. The van der Waals surface area contributed by atoms with E-state index in [-0.39, 0.29) is 0 Å². The molecule has 88 valence electrons. The second kappa shape index (κ2) is 7.92. The molecule has 0 spiro atoms. The molecular weight excluding hydrogens is 182 g/mol. The lowest BCUT2D eigenvalue weighted by atomic mass is 9.84. The summed E-state index contributed by atoms with van der Waals surface area (Å²) < 4.78 is 0. The first-order valence-corrected chi connectivity index (χ1v) is 6.71. The fraction of sp³-hybridized carbons (Fsp3) is 0.857. The van der Waals surface area contributed by atoms with Crippen molar-refractivity contribution in [2.24, 2.45) is 11.7 Å². The van der Waals surface area contributed by atoms with Crippen molar-refractivity contribution in [2.75, 3.05) is 0 Å². The van der Waals surface area contributed by atoms with Gasteiger partial charge in [0.25, 0.3) is 0 Å². The zero-order valence-electron chi connectivity index (χ0n) is 10.1. The molecule has 1 fully saturated rings. The number of allylic oxidation sites excluding steroid dienone is 1. The van der Waals surface area contributed by atoms with Crippen molar-refractivity contribution >= 4 is 0 Å². The van der Waals surface area contributed by atoms with E-state index in [1.165, 1.54) is 57.8 Å². The number of hydrogen-bond donors (Lipinski definition) is 1. The fourth-order valence-electron chi connectivity index (χ4n) is 2.65. The van der Waals surface area contributed by atoms with Gasteiger partial charge in [-0.1, -0.05) is 38.2 Å². The molecular formula is C14H27N. The van der Waals surface area contributed by atoms with Crippen molar-refractivity contribution < 1.29 is 0 Å². The topological polar surface area (TPSA) is 26.0 Å². The summed E-state index contributed by atoms with van der Waals surface area (Å²) in [5.74, 6) is 0.801. The molecule has 15 heavy (non-hydrogen) atoms. The van der Waals surface area contributed by atoms with E-state index < -0.39 is 0 Å². The van der Waals surface area contributed by atoms with Crippen molar-refractivity contribution in [3.63, 3.8) is 0 Å². The van der Waals surface area contributed by atoms with Gasteiger partial charge in [-0.15, -0.1) is 6.58 Å². The smallest absolute Gasteiger partial charge is 0.00672 e. The van der Waals surface area contributed by atoms with Gasteiger partial charge in [0.1, 0.15) is 0 Å². The predicted molar refractivity (Wildman–Crippen MR) is 67.8 cm³/mol. The Morgan fingerprint density at radius 3 is 2.33 bits per heavy atom. The van der Waals surface area contributed by atoms with Crippen LogP contribution >= 0.6 is 0 Å². The molecule has 1 heteroatoms. The number of unbranched alkanes of at least 4 members (excludes halogenated alkanes) is 1. The molecule has 1 atom stereocenters. The van der Waals surface area contributed by atoms with Crippen molar-refractivity contribution in [3.8, 4) is 0 Å². The molecule has 1 aliphatic rings. The first-order chi connectivity index (χ1) is 7.34. The maximum absolute atomic E-state index is 6.28. The van der Waals surface area contributed by atoms with Crippen LogP contribution in [0.4, 0.5) is 0 Å². The van der Waals surface area contributed by atoms with Crippen LogP contribution in [0.15, 0.2) is 12.7 Å². The van der Waals surface area contributed by atoms with Gasteiger partial charge in [-0.3, -0.25) is 0 Å². The predicted octanol–water partition coefficient (Wildman–Crippen LogP) is 4.03. The lowest BCUT2D eigenvalue weighted by Crippen LogP contribution is -2.30. The van der Waals surface area contributed by atoms with E-state index in [4.69, 9.17) is 5.73 Å². The minimum atomic E-state index is 0.447. The van der Waals surface area contributed by atoms with E-state index in [9.17, 15) is 0 Å². The second-order valence-corrected chi connectivity index (χ2v) is 4.99. The average Bonchev–Trinajstić information content (AvgIpc) is 2.17. The first kappa shape index (κ1) is 12.8. The van der Waals surface area contributed by atoms with Crippen LogP contribution in [0.3, 0.4) is 0 Å². The molecule has 1 saturated carbocycles. The Bertz CT molecular complexity index is 157. The second-order valence-electron chi connectivity index (χ2n) is 4.99. The van der Waals surface area contributed by atoms with E-state index in [0.717, 1.165) is 12.3 Å². The molecule has 0 aromatic heterocycles. The molecule has 0 aliphatic heterocycles. The molecule has 0 bridgehead atoms. The monoisotopic (exact) mass is 209 g/mol. The molecule has 0 aromatic rings. The van der Waals surface area contributed by atoms with Crippen LogP contribution in [0.1, 0.15) is 64.2 Å². The lowest BCUT2D eigenvalue weighted by Gasteiger charge is -2.25. The third kappa shape index (κ3) is 5.36. The summed E-state index contributed by atoms with van der Waals surface area (Å²) in [6.07, 6.45) is 15.4. The third-order valence-electron chi connectivity index (χ3n) is 3.70. The first-order valence-electron chi connectivity index (χ1n) is 6.71. The average molecular weight is 209 g/mol. The minimum absolute atomic E-state index is 0.447. The Kier molecular flexibility index (Phi) is 6.74. The maximum atomic E-state index is 6.28. The summed E-state index contributed by atoms with van der Waals surface area (Å²) in [6, 6.07) is 0.447. The van der Waals surface area contributed by atoms with Crippen LogP contribution in [0, 0.1) is 5.92 Å². The van der Waals surface area contributed by atoms with Crippen molar-refractivity contribution in [2.45, 2.75) is 70.3 Å². The standard InChI is InChI=1S/C14H27N/c1-2-3-7-12-14(15)13-10-8-5-4-6-9-11-13/h2,13-14H,1,3-12,15H2. The van der Waals surface area contributed by atoms with Crippen LogP contribution in [-0.4, -0.2) is 6.04 Å². The third-order valence-corrected chi connectivity index (χ3v) is 3.70. The molecule has 2 N–H and O–H groups in total. The van der Waals surface area contributed by atoms with Gasteiger partial charge in [-0.05, 0) is 38.0 Å². The van der Waals surface area contributed by atoms with Crippen LogP contribution in [0.2, 0.25) is 0 Å². The van der Waals surface area contributed by atoms with Gasteiger partial charge in [0.2, 0.25) is 0 Å². The van der Waals surface area contributed by atoms with Gasteiger partial charge in [-0.2, -0.15) is 0 Å². The summed E-state index contributed by atoms with van der Waals surface area (Å²) in [4.78, 5) is 0.